The highest BCUT2D eigenvalue weighted by molar-refractivity contribution is 7.89. The molecule has 4 rings (SSSR count). The number of Topliss-reactive ketones (excluding diaryl/α,β-unsaturated/α-hetero) is 1. The van der Waals surface area contributed by atoms with Crippen LogP contribution in [0.5, 0.6) is 11.5 Å². The molecular weight excluding hydrogens is 458 g/mol. The highest BCUT2D eigenvalue weighted by Crippen LogP contribution is 2.31. The molecule has 1 fully saturated rings. The Balaban J connectivity index is 1.31. The Bertz CT molecular complexity index is 1230. The van der Waals surface area contributed by atoms with E-state index in [1.165, 1.54) is 16.4 Å². The van der Waals surface area contributed by atoms with Crippen molar-refractivity contribution >= 4 is 21.7 Å². The minimum atomic E-state index is -3.83. The Morgan fingerprint density at radius 2 is 1.65 bits per heavy atom. The molecule has 0 saturated carbocycles. The number of ether oxygens (including phenoxy) is 2. The summed E-state index contributed by atoms with van der Waals surface area (Å²) in [5.74, 6) is 0.774. The van der Waals surface area contributed by atoms with Gasteiger partial charge in [-0.15, -0.1) is 0 Å². The molecule has 0 aromatic heterocycles. The quantitative estimate of drug-likeness (QED) is 0.578. The van der Waals surface area contributed by atoms with E-state index in [0.717, 1.165) is 6.42 Å². The predicted octanol–water partition coefficient (Wildman–Crippen LogP) is 2.22. The first-order chi connectivity index (χ1) is 16.4. The van der Waals surface area contributed by atoms with Gasteiger partial charge in [0.05, 0.1) is 23.7 Å². The van der Waals surface area contributed by atoms with E-state index < -0.39 is 10.0 Å². The maximum Gasteiger partial charge on any atom is 0.244 e. The number of nitriles is 1. The second-order valence-electron chi connectivity index (χ2n) is 8.03. The van der Waals surface area contributed by atoms with E-state index in [2.05, 4.69) is 0 Å². The number of amides is 1. The maximum atomic E-state index is 12.9. The third-order valence-electron chi connectivity index (χ3n) is 5.85. The number of carbonyl (C=O) groups excluding carboxylic acids is 2. The molecule has 0 aliphatic carbocycles. The summed E-state index contributed by atoms with van der Waals surface area (Å²) in [6.45, 7) is 1.80. The minimum absolute atomic E-state index is 0.0296. The molecule has 0 N–H and O–H groups in total. The first kappa shape index (κ1) is 23.7. The van der Waals surface area contributed by atoms with Crippen LogP contribution in [0, 0.1) is 11.3 Å². The second-order valence-corrected chi connectivity index (χ2v) is 9.93. The minimum Gasteiger partial charge on any atom is -0.490 e. The molecule has 2 aromatic carbocycles. The Morgan fingerprint density at radius 3 is 2.38 bits per heavy atom. The van der Waals surface area contributed by atoms with Crippen molar-refractivity contribution in [1.82, 2.24) is 9.21 Å². The smallest absolute Gasteiger partial charge is 0.244 e. The van der Waals surface area contributed by atoms with Crippen LogP contribution in [0.25, 0.3) is 0 Å². The lowest BCUT2D eigenvalue weighted by molar-refractivity contribution is -0.132. The summed E-state index contributed by atoms with van der Waals surface area (Å²) < 4.78 is 38.4. The van der Waals surface area contributed by atoms with E-state index >= 15 is 0 Å². The number of rotatable bonds is 6. The van der Waals surface area contributed by atoms with Crippen LogP contribution in [0.1, 0.15) is 35.2 Å². The zero-order valence-electron chi connectivity index (χ0n) is 18.6. The molecule has 2 aromatic rings. The van der Waals surface area contributed by atoms with Gasteiger partial charge in [-0.1, -0.05) is 12.1 Å². The molecule has 1 saturated heterocycles. The van der Waals surface area contributed by atoms with Crippen molar-refractivity contribution in [2.45, 2.75) is 24.2 Å². The number of nitrogens with zero attached hydrogens (tertiary/aromatic N) is 3. The molecule has 0 atom stereocenters. The van der Waals surface area contributed by atoms with Gasteiger partial charge in [-0.05, 0) is 30.3 Å². The van der Waals surface area contributed by atoms with Crippen molar-refractivity contribution in [3.8, 4) is 17.6 Å². The topological polar surface area (TPSA) is 117 Å². The van der Waals surface area contributed by atoms with Gasteiger partial charge in [0.25, 0.3) is 0 Å². The van der Waals surface area contributed by atoms with Crippen LogP contribution in [0.2, 0.25) is 0 Å². The lowest BCUT2D eigenvalue weighted by Crippen LogP contribution is -2.50. The van der Waals surface area contributed by atoms with Gasteiger partial charge >= 0.3 is 0 Å². The van der Waals surface area contributed by atoms with E-state index in [1.54, 1.807) is 35.2 Å². The lowest BCUT2D eigenvalue weighted by Gasteiger charge is -2.34. The Kier molecular flexibility index (Phi) is 7.14. The summed E-state index contributed by atoms with van der Waals surface area (Å²) in [6.07, 6.45) is 0.857. The highest BCUT2D eigenvalue weighted by Gasteiger charge is 2.31. The van der Waals surface area contributed by atoms with E-state index in [9.17, 15) is 23.3 Å². The van der Waals surface area contributed by atoms with Gasteiger partial charge in [0.2, 0.25) is 15.9 Å². The van der Waals surface area contributed by atoms with Crippen molar-refractivity contribution in [1.29, 1.82) is 5.26 Å². The Labute approximate surface area is 198 Å². The molecule has 2 aliphatic rings. The monoisotopic (exact) mass is 483 g/mol. The summed E-state index contributed by atoms with van der Waals surface area (Å²) >= 11 is 0. The molecule has 2 aliphatic heterocycles. The number of sulfonamides is 1. The van der Waals surface area contributed by atoms with E-state index in [-0.39, 0.29) is 61.2 Å². The molecule has 0 unspecified atom stereocenters. The van der Waals surface area contributed by atoms with E-state index in [4.69, 9.17) is 9.47 Å². The average Bonchev–Trinajstić information content (AvgIpc) is 3.12. The first-order valence-electron chi connectivity index (χ1n) is 11.1. The second kappa shape index (κ2) is 10.2. The molecule has 1 amide bonds. The van der Waals surface area contributed by atoms with Crippen LogP contribution in [0.3, 0.4) is 0 Å². The summed E-state index contributed by atoms with van der Waals surface area (Å²) in [7, 11) is -3.83. The number of carbonyl (C=O) groups is 2. The molecule has 0 radical (unpaired) electrons. The number of hydrogen-bond donors (Lipinski definition) is 0. The third-order valence-corrected chi connectivity index (χ3v) is 7.81. The zero-order chi connectivity index (χ0) is 24.1. The number of ketones is 1. The largest absolute Gasteiger partial charge is 0.490 e. The van der Waals surface area contributed by atoms with E-state index in [0.29, 0.717) is 30.3 Å². The lowest BCUT2D eigenvalue weighted by atomic mass is 10.1. The van der Waals surface area contributed by atoms with Crippen molar-refractivity contribution in [2.75, 3.05) is 39.4 Å². The maximum absolute atomic E-state index is 12.9. The normalized spacial score (nSPS) is 16.4. The van der Waals surface area contributed by atoms with E-state index in [1.807, 2.05) is 6.07 Å². The van der Waals surface area contributed by atoms with Crippen molar-refractivity contribution in [2.24, 2.45) is 0 Å². The third kappa shape index (κ3) is 5.05. The SMILES string of the molecule is N#Cc1ccccc1S(=O)(=O)N1CCN(C(=O)CCC(=O)c2ccc3c(c2)OCCCO3)CC1. The number of piperazine rings is 1. The first-order valence-corrected chi connectivity index (χ1v) is 12.5. The van der Waals surface area contributed by atoms with Crippen LogP contribution >= 0.6 is 0 Å². The average molecular weight is 484 g/mol. The fourth-order valence-corrected chi connectivity index (χ4v) is 5.52. The molecule has 0 bridgehead atoms. The zero-order valence-corrected chi connectivity index (χ0v) is 19.4. The van der Waals surface area contributed by atoms with Crippen LogP contribution in [0.15, 0.2) is 47.4 Å². The van der Waals surface area contributed by atoms with Gasteiger partial charge in [-0.2, -0.15) is 9.57 Å². The van der Waals surface area contributed by atoms with Crippen molar-refractivity contribution in [3.05, 3.63) is 53.6 Å². The summed E-state index contributed by atoms with van der Waals surface area (Å²) in [5, 5.41) is 9.23. The molecule has 10 heteroatoms. The fraction of sp³-hybridized carbons (Fsp3) is 0.375. The Morgan fingerprint density at radius 1 is 0.941 bits per heavy atom. The molecule has 9 nitrogen and oxygen atoms in total. The van der Waals surface area contributed by atoms with Gasteiger partial charge in [0.15, 0.2) is 17.3 Å². The summed E-state index contributed by atoms with van der Waals surface area (Å²) in [4.78, 5) is 26.8. The van der Waals surface area contributed by atoms with Crippen molar-refractivity contribution < 1.29 is 27.5 Å². The van der Waals surface area contributed by atoms with Gasteiger partial charge in [-0.3, -0.25) is 9.59 Å². The predicted molar refractivity (Wildman–Crippen MR) is 122 cm³/mol. The van der Waals surface area contributed by atoms with Gasteiger partial charge in [0, 0.05) is 51.0 Å². The van der Waals surface area contributed by atoms with Crippen molar-refractivity contribution in [3.63, 3.8) is 0 Å². The number of hydrogen-bond acceptors (Lipinski definition) is 7. The molecule has 34 heavy (non-hydrogen) atoms. The van der Waals surface area contributed by atoms with Gasteiger partial charge in [0.1, 0.15) is 6.07 Å². The molecule has 0 spiro atoms. The molecular formula is C24H25N3O6S. The summed E-state index contributed by atoms with van der Waals surface area (Å²) in [6, 6.07) is 13.0. The Hall–Kier alpha value is -3.42. The fourth-order valence-electron chi connectivity index (χ4n) is 3.96. The van der Waals surface area contributed by atoms with Gasteiger partial charge < -0.3 is 14.4 Å². The van der Waals surface area contributed by atoms with Crippen LogP contribution in [-0.2, 0) is 14.8 Å². The number of fused-ring (bicyclic) bond motifs is 1. The standard InChI is InChI=1S/C24H25N3O6S/c25-17-19-4-1-2-5-23(19)34(30,31)27-12-10-26(11-13-27)24(29)9-7-20(28)18-6-8-21-22(16-18)33-15-3-14-32-21/h1-2,4-6,8,16H,3,7,9-15H2. The van der Waals surface area contributed by atoms with Gasteiger partial charge in [-0.25, -0.2) is 8.42 Å². The highest BCUT2D eigenvalue weighted by atomic mass is 32.2. The summed E-state index contributed by atoms with van der Waals surface area (Å²) in [5.41, 5.74) is 0.554. The van der Waals surface area contributed by atoms with Crippen LogP contribution in [-0.4, -0.2) is 68.7 Å². The molecule has 2 heterocycles. The number of benzene rings is 2. The molecule has 178 valence electrons. The van der Waals surface area contributed by atoms with Crippen LogP contribution in [0.4, 0.5) is 0 Å². The van der Waals surface area contributed by atoms with Crippen LogP contribution < -0.4 is 9.47 Å².